The number of aliphatic hydroxyl groups is 1. The summed E-state index contributed by atoms with van der Waals surface area (Å²) < 4.78 is 5.23. The van der Waals surface area contributed by atoms with Crippen LogP contribution in [0.25, 0.3) is 0 Å². The van der Waals surface area contributed by atoms with Crippen molar-refractivity contribution in [2.45, 2.75) is 51.6 Å². The molecular weight excluding hydrogens is 270 g/mol. The van der Waals surface area contributed by atoms with Crippen molar-refractivity contribution in [3.05, 3.63) is 0 Å². The fraction of sp³-hybridized carbons (Fsp3) is 0.786. The van der Waals surface area contributed by atoms with Crippen molar-refractivity contribution in [2.24, 2.45) is 5.92 Å². The van der Waals surface area contributed by atoms with Crippen LogP contribution in [0.15, 0.2) is 0 Å². The van der Waals surface area contributed by atoms with Crippen LogP contribution in [0, 0.1) is 5.92 Å². The molecule has 2 rings (SSSR count). The van der Waals surface area contributed by atoms with E-state index in [0.29, 0.717) is 19.1 Å². The van der Waals surface area contributed by atoms with Gasteiger partial charge in [-0.2, -0.15) is 15.0 Å². The molecule has 0 aliphatic heterocycles. The topological polar surface area (TPSA) is 106 Å². The van der Waals surface area contributed by atoms with E-state index in [1.807, 2.05) is 6.92 Å². The van der Waals surface area contributed by atoms with Crippen molar-refractivity contribution in [1.29, 1.82) is 0 Å². The summed E-state index contributed by atoms with van der Waals surface area (Å²) in [6.45, 7) is 4.93. The maximum Gasteiger partial charge on any atom is 0.323 e. The summed E-state index contributed by atoms with van der Waals surface area (Å²) in [4.78, 5) is 12.0. The minimum Gasteiger partial charge on any atom is -0.464 e. The highest BCUT2D eigenvalue weighted by molar-refractivity contribution is 5.33. The number of ether oxygens (including phenoxy) is 1. The van der Waals surface area contributed by atoms with E-state index < -0.39 is 5.60 Å². The molecule has 0 saturated heterocycles. The van der Waals surface area contributed by atoms with Gasteiger partial charge in [-0.05, 0) is 38.5 Å². The molecule has 0 spiro atoms. The molecule has 0 bridgehead atoms. The second-order valence-electron chi connectivity index (χ2n) is 5.66. The van der Waals surface area contributed by atoms with E-state index in [4.69, 9.17) is 10.5 Å². The normalized spacial score (nSPS) is 25.6. The van der Waals surface area contributed by atoms with Crippen LogP contribution in [-0.4, -0.2) is 38.8 Å². The van der Waals surface area contributed by atoms with E-state index in [0.717, 1.165) is 31.6 Å². The Labute approximate surface area is 125 Å². The number of aromatic nitrogens is 3. The van der Waals surface area contributed by atoms with E-state index in [2.05, 4.69) is 27.2 Å². The van der Waals surface area contributed by atoms with E-state index >= 15 is 0 Å². The fourth-order valence-electron chi connectivity index (χ4n) is 2.69. The van der Waals surface area contributed by atoms with E-state index in [1.54, 1.807) is 0 Å². The second-order valence-corrected chi connectivity index (χ2v) is 5.66. The smallest absolute Gasteiger partial charge is 0.323 e. The molecule has 1 saturated carbocycles. The van der Waals surface area contributed by atoms with Gasteiger partial charge in [-0.1, -0.05) is 13.3 Å². The van der Waals surface area contributed by atoms with Gasteiger partial charge >= 0.3 is 6.01 Å². The Morgan fingerprint density at radius 1 is 1.29 bits per heavy atom. The largest absolute Gasteiger partial charge is 0.464 e. The van der Waals surface area contributed by atoms with Crippen LogP contribution in [0.1, 0.15) is 46.0 Å². The lowest BCUT2D eigenvalue weighted by atomic mass is 9.78. The van der Waals surface area contributed by atoms with Crippen molar-refractivity contribution >= 4 is 11.9 Å². The fourth-order valence-corrected chi connectivity index (χ4v) is 2.69. The van der Waals surface area contributed by atoms with Crippen LogP contribution in [0.4, 0.5) is 11.9 Å². The maximum absolute atomic E-state index is 10.6. The summed E-state index contributed by atoms with van der Waals surface area (Å²) >= 11 is 0. The molecule has 7 heteroatoms. The second kappa shape index (κ2) is 6.89. The molecule has 0 atom stereocenters. The van der Waals surface area contributed by atoms with Crippen LogP contribution in [-0.2, 0) is 0 Å². The number of nitrogens with two attached hydrogens (primary N) is 1. The monoisotopic (exact) mass is 295 g/mol. The summed E-state index contributed by atoms with van der Waals surface area (Å²) in [5.41, 5.74) is 4.93. The molecular formula is C14H25N5O2. The van der Waals surface area contributed by atoms with Crippen molar-refractivity contribution in [3.63, 3.8) is 0 Å². The predicted octanol–water partition coefficient (Wildman–Crippen LogP) is 1.60. The van der Waals surface area contributed by atoms with Crippen molar-refractivity contribution < 1.29 is 9.84 Å². The molecule has 118 valence electrons. The van der Waals surface area contributed by atoms with Gasteiger partial charge in [0.15, 0.2) is 0 Å². The molecule has 1 fully saturated rings. The number of anilines is 2. The van der Waals surface area contributed by atoms with Gasteiger partial charge in [0.05, 0.1) is 12.2 Å². The zero-order valence-corrected chi connectivity index (χ0v) is 12.8. The standard InChI is InChI=1S/C14H25N5O2/c1-3-10-5-7-14(20,8-6-10)9-16-12-17-11(15)18-13(19-12)21-4-2/h10,20H,3-9H2,1-2H3,(H3,15,16,17,18,19). The molecule has 1 aromatic heterocycles. The Morgan fingerprint density at radius 2 is 2.00 bits per heavy atom. The molecule has 0 aromatic carbocycles. The average Bonchev–Trinajstić information content (AvgIpc) is 2.46. The summed E-state index contributed by atoms with van der Waals surface area (Å²) in [5.74, 6) is 1.19. The SMILES string of the molecule is CCOc1nc(N)nc(NCC2(O)CCC(CC)CC2)n1. The van der Waals surface area contributed by atoms with Gasteiger partial charge in [-0.15, -0.1) is 0 Å². The Morgan fingerprint density at radius 3 is 2.62 bits per heavy atom. The first-order chi connectivity index (χ1) is 10.0. The number of hydrogen-bond donors (Lipinski definition) is 3. The van der Waals surface area contributed by atoms with Crippen LogP contribution in [0.2, 0.25) is 0 Å². The molecule has 1 aromatic rings. The lowest BCUT2D eigenvalue weighted by Gasteiger charge is -2.35. The van der Waals surface area contributed by atoms with E-state index in [9.17, 15) is 5.11 Å². The Balaban J connectivity index is 1.93. The van der Waals surface area contributed by atoms with Gasteiger partial charge in [-0.3, -0.25) is 0 Å². The highest BCUT2D eigenvalue weighted by Gasteiger charge is 2.32. The average molecular weight is 295 g/mol. The summed E-state index contributed by atoms with van der Waals surface area (Å²) in [6, 6.07) is 0.203. The van der Waals surface area contributed by atoms with Gasteiger partial charge < -0.3 is 20.9 Å². The first kappa shape index (κ1) is 15.8. The lowest BCUT2D eigenvalue weighted by Crippen LogP contribution is -2.40. The van der Waals surface area contributed by atoms with Crippen LogP contribution in [0.5, 0.6) is 6.01 Å². The van der Waals surface area contributed by atoms with E-state index in [-0.39, 0.29) is 12.0 Å². The van der Waals surface area contributed by atoms with Gasteiger partial charge in [0, 0.05) is 6.54 Å². The maximum atomic E-state index is 10.6. The number of hydrogen-bond acceptors (Lipinski definition) is 7. The highest BCUT2D eigenvalue weighted by atomic mass is 16.5. The molecule has 7 nitrogen and oxygen atoms in total. The molecule has 1 heterocycles. The number of rotatable bonds is 6. The number of nitrogens with zero attached hydrogens (tertiary/aromatic N) is 3. The minimum absolute atomic E-state index is 0.109. The number of nitrogens with one attached hydrogen (secondary N) is 1. The third kappa shape index (κ3) is 4.42. The predicted molar refractivity (Wildman–Crippen MR) is 81.1 cm³/mol. The molecule has 0 amide bonds. The zero-order chi connectivity index (χ0) is 15.3. The van der Waals surface area contributed by atoms with Gasteiger partial charge in [-0.25, -0.2) is 0 Å². The molecule has 4 N–H and O–H groups in total. The summed E-state index contributed by atoms with van der Waals surface area (Å²) in [5, 5.41) is 13.6. The Hall–Kier alpha value is -1.63. The molecule has 21 heavy (non-hydrogen) atoms. The van der Waals surface area contributed by atoms with Crippen LogP contribution >= 0.6 is 0 Å². The molecule has 0 unspecified atom stereocenters. The third-order valence-corrected chi connectivity index (χ3v) is 4.09. The van der Waals surface area contributed by atoms with Crippen LogP contribution < -0.4 is 15.8 Å². The molecule has 1 aliphatic carbocycles. The number of nitrogen functional groups attached to an aromatic ring is 1. The van der Waals surface area contributed by atoms with Gasteiger partial charge in [0.1, 0.15) is 0 Å². The lowest BCUT2D eigenvalue weighted by molar-refractivity contribution is 0.00214. The Bertz CT molecular complexity index is 461. The first-order valence-corrected chi connectivity index (χ1v) is 7.65. The summed E-state index contributed by atoms with van der Waals surface area (Å²) in [7, 11) is 0. The first-order valence-electron chi connectivity index (χ1n) is 7.65. The minimum atomic E-state index is -0.696. The highest BCUT2D eigenvalue weighted by Crippen LogP contribution is 2.33. The van der Waals surface area contributed by atoms with Crippen LogP contribution in [0.3, 0.4) is 0 Å². The van der Waals surface area contributed by atoms with Gasteiger partial charge in [0.2, 0.25) is 11.9 Å². The van der Waals surface area contributed by atoms with E-state index in [1.165, 1.54) is 6.42 Å². The van der Waals surface area contributed by atoms with Crippen molar-refractivity contribution in [3.8, 4) is 6.01 Å². The van der Waals surface area contributed by atoms with Gasteiger partial charge in [0.25, 0.3) is 0 Å². The third-order valence-electron chi connectivity index (χ3n) is 4.09. The zero-order valence-electron chi connectivity index (χ0n) is 12.8. The molecule has 0 radical (unpaired) electrons. The quantitative estimate of drug-likeness (QED) is 0.731. The Kier molecular flexibility index (Phi) is 5.17. The van der Waals surface area contributed by atoms with Crippen molar-refractivity contribution in [1.82, 2.24) is 15.0 Å². The summed E-state index contributed by atoms with van der Waals surface area (Å²) in [6.07, 6.45) is 4.93. The van der Waals surface area contributed by atoms with Crippen molar-refractivity contribution in [2.75, 3.05) is 24.2 Å². The molecule has 1 aliphatic rings.